The summed E-state index contributed by atoms with van der Waals surface area (Å²) in [5, 5.41) is 0. The van der Waals surface area contributed by atoms with E-state index in [0.29, 0.717) is 4.47 Å². The van der Waals surface area contributed by atoms with Crippen molar-refractivity contribution in [2.45, 2.75) is 6.85 Å². The fourth-order valence-electron chi connectivity index (χ4n) is 0.471. The Morgan fingerprint density at radius 2 is 2.45 bits per heavy atom. The zero-order valence-electron chi connectivity index (χ0n) is 13.4. The molecule has 3 nitrogen and oxygen atoms in total. The Balaban J connectivity index is 3.36. The smallest absolute Gasteiger partial charge is 0.225 e. The van der Waals surface area contributed by atoms with Crippen molar-refractivity contribution in [1.29, 1.82) is 0 Å². The van der Waals surface area contributed by atoms with Crippen LogP contribution in [0.3, 0.4) is 0 Å². The molecule has 0 fully saturated rings. The Kier molecular flexibility index (Phi) is 0.897. The lowest BCUT2D eigenvalue weighted by Crippen LogP contribution is -2.18. The Bertz CT molecular complexity index is 439. The summed E-state index contributed by atoms with van der Waals surface area (Å²) in [5.74, 6) is -0.524. The molecule has 0 aromatic carbocycles. The van der Waals surface area contributed by atoms with Gasteiger partial charge in [0.25, 0.3) is 0 Å². The maximum Gasteiger partial charge on any atom is 0.225 e. The largest absolute Gasteiger partial charge is 0.344 e. The summed E-state index contributed by atoms with van der Waals surface area (Å²) in [6.45, 7) is -9.34. The molecule has 1 aromatic rings. The molecule has 0 unspecified atom stereocenters. The standard InChI is InChI=1S/C7H10BrN3/c1-3-11(2)7-9-4-6(8)5-10-7/h4-5H,3H2,1-2H3/i1D3,2D3,3D2. The van der Waals surface area contributed by atoms with E-state index in [2.05, 4.69) is 25.9 Å². The Morgan fingerprint density at radius 3 is 3.00 bits per heavy atom. The fourth-order valence-corrected chi connectivity index (χ4v) is 0.676. The molecule has 60 valence electrons. The topological polar surface area (TPSA) is 29.0 Å². The normalized spacial score (nSPS) is 24.1. The number of hydrogen-bond donors (Lipinski definition) is 0. The second kappa shape index (κ2) is 3.67. The summed E-state index contributed by atoms with van der Waals surface area (Å²) < 4.78 is 58.9. The molecule has 1 heterocycles. The average molecular weight is 224 g/mol. The molecule has 0 atom stereocenters. The molecule has 0 N–H and O–H groups in total. The van der Waals surface area contributed by atoms with Gasteiger partial charge in [-0.3, -0.25) is 0 Å². The van der Waals surface area contributed by atoms with Crippen LogP contribution in [0.15, 0.2) is 16.9 Å². The highest BCUT2D eigenvalue weighted by atomic mass is 79.9. The first-order valence-electron chi connectivity index (χ1n) is 6.65. The predicted molar refractivity (Wildman–Crippen MR) is 48.7 cm³/mol. The van der Waals surface area contributed by atoms with Crippen LogP contribution in [0.5, 0.6) is 0 Å². The van der Waals surface area contributed by atoms with E-state index in [4.69, 9.17) is 11.0 Å². The second-order valence-corrected chi connectivity index (χ2v) is 2.56. The van der Waals surface area contributed by atoms with Gasteiger partial charge < -0.3 is 4.90 Å². The van der Waals surface area contributed by atoms with E-state index in [-0.39, 0.29) is 4.90 Å². The number of anilines is 1. The molecule has 0 saturated carbocycles. The average Bonchev–Trinajstić information content (AvgIpc) is 2.17. The van der Waals surface area contributed by atoms with Crippen LogP contribution in [0.4, 0.5) is 5.95 Å². The van der Waals surface area contributed by atoms with Crippen LogP contribution in [0, 0.1) is 0 Å². The van der Waals surface area contributed by atoms with Crippen LogP contribution in [0.25, 0.3) is 0 Å². The number of halogens is 1. The summed E-state index contributed by atoms with van der Waals surface area (Å²) in [6.07, 6.45) is 2.41. The van der Waals surface area contributed by atoms with Crippen molar-refractivity contribution in [1.82, 2.24) is 9.97 Å². The van der Waals surface area contributed by atoms with E-state index in [9.17, 15) is 0 Å². The van der Waals surface area contributed by atoms with Crippen LogP contribution in [-0.2, 0) is 0 Å². The number of rotatable bonds is 2. The summed E-state index contributed by atoms with van der Waals surface area (Å²) in [7, 11) is 0. The summed E-state index contributed by atoms with van der Waals surface area (Å²) >= 11 is 3.05. The van der Waals surface area contributed by atoms with Crippen molar-refractivity contribution in [2.24, 2.45) is 0 Å². The van der Waals surface area contributed by atoms with Crippen LogP contribution in [-0.4, -0.2) is 23.4 Å². The van der Waals surface area contributed by atoms with Crippen molar-refractivity contribution in [2.75, 3.05) is 18.4 Å². The van der Waals surface area contributed by atoms with E-state index >= 15 is 0 Å². The van der Waals surface area contributed by atoms with Crippen molar-refractivity contribution in [3.63, 3.8) is 0 Å². The van der Waals surface area contributed by atoms with Gasteiger partial charge in [-0.05, 0) is 22.8 Å². The van der Waals surface area contributed by atoms with E-state index in [0.717, 1.165) is 0 Å². The Morgan fingerprint density at radius 1 is 1.73 bits per heavy atom. The molecule has 0 aliphatic rings. The fraction of sp³-hybridized carbons (Fsp3) is 0.429. The lowest BCUT2D eigenvalue weighted by atomic mass is 10.6. The molecule has 0 radical (unpaired) electrons. The van der Waals surface area contributed by atoms with Gasteiger partial charge in [-0.1, -0.05) is 0 Å². The van der Waals surface area contributed by atoms with Gasteiger partial charge in [0.15, 0.2) is 0 Å². The van der Waals surface area contributed by atoms with Gasteiger partial charge in [-0.25, -0.2) is 9.97 Å². The highest BCUT2D eigenvalue weighted by Crippen LogP contribution is 2.08. The molecule has 4 heteroatoms. The molecule has 0 aliphatic heterocycles. The van der Waals surface area contributed by atoms with Crippen LogP contribution < -0.4 is 4.90 Å². The minimum atomic E-state index is -3.17. The first-order chi connectivity index (χ1) is 8.37. The molecule has 0 bridgehead atoms. The van der Waals surface area contributed by atoms with Crippen LogP contribution in [0.1, 0.15) is 17.8 Å². The third kappa shape index (κ3) is 2.15. The molecule has 0 aliphatic carbocycles. The van der Waals surface area contributed by atoms with Gasteiger partial charge in [0.05, 0.1) is 4.47 Å². The molecule has 0 amide bonds. The minimum Gasteiger partial charge on any atom is -0.344 e. The summed E-state index contributed by atoms with van der Waals surface area (Å²) in [4.78, 5) is 7.37. The van der Waals surface area contributed by atoms with Gasteiger partial charge >= 0.3 is 0 Å². The van der Waals surface area contributed by atoms with E-state index < -0.39 is 26.3 Å². The zero-order chi connectivity index (χ0) is 15.1. The van der Waals surface area contributed by atoms with Gasteiger partial charge in [0.2, 0.25) is 5.95 Å². The highest BCUT2D eigenvalue weighted by molar-refractivity contribution is 9.10. The third-order valence-electron chi connectivity index (χ3n) is 0.919. The summed E-state index contributed by atoms with van der Waals surface area (Å²) in [6, 6.07) is 0. The highest BCUT2D eigenvalue weighted by Gasteiger charge is 1.98. The van der Waals surface area contributed by atoms with Crippen molar-refractivity contribution >= 4 is 21.9 Å². The molecule has 0 spiro atoms. The summed E-state index contributed by atoms with van der Waals surface area (Å²) in [5.41, 5.74) is 0. The molecule has 1 rings (SSSR count). The maximum atomic E-state index is 7.56. The van der Waals surface area contributed by atoms with Crippen molar-refractivity contribution < 1.29 is 11.0 Å². The lowest BCUT2D eigenvalue weighted by molar-refractivity contribution is 0.899. The molecule has 11 heavy (non-hydrogen) atoms. The maximum absolute atomic E-state index is 7.56. The Hall–Kier alpha value is -0.640. The quantitative estimate of drug-likeness (QED) is 0.765. The molecule has 1 aromatic heterocycles. The van der Waals surface area contributed by atoms with E-state index in [1.54, 1.807) is 0 Å². The number of aromatic nitrogens is 2. The first-order valence-corrected chi connectivity index (χ1v) is 3.44. The monoisotopic (exact) mass is 223 g/mol. The first kappa shape index (κ1) is 2.69. The Labute approximate surface area is 85.8 Å². The van der Waals surface area contributed by atoms with Gasteiger partial charge in [-0.15, -0.1) is 0 Å². The minimum absolute atomic E-state index is 0.0828. The van der Waals surface area contributed by atoms with Crippen molar-refractivity contribution in [3.8, 4) is 0 Å². The molecular weight excluding hydrogens is 206 g/mol. The number of nitrogens with zero attached hydrogens (tertiary/aromatic N) is 3. The molecule has 0 saturated heterocycles. The van der Waals surface area contributed by atoms with Crippen LogP contribution in [0.2, 0.25) is 0 Å². The second-order valence-electron chi connectivity index (χ2n) is 1.65. The zero-order valence-corrected chi connectivity index (χ0v) is 6.96. The molecular formula is C7H10BrN3. The van der Waals surface area contributed by atoms with Crippen molar-refractivity contribution in [3.05, 3.63) is 16.9 Å². The van der Waals surface area contributed by atoms with Gasteiger partial charge in [-0.2, -0.15) is 0 Å². The van der Waals surface area contributed by atoms with Gasteiger partial charge in [0.1, 0.15) is 0 Å². The number of hydrogen-bond acceptors (Lipinski definition) is 3. The lowest BCUT2D eigenvalue weighted by Gasteiger charge is -2.12. The SMILES string of the molecule is [2H]C([2H])([2H])N(c1ncc(Br)cn1)C([2H])([2H])C([2H])([2H])[2H]. The third-order valence-corrected chi connectivity index (χ3v) is 1.33. The predicted octanol–water partition coefficient (Wildman–Crippen LogP) is 1.70. The van der Waals surface area contributed by atoms with E-state index in [1.165, 1.54) is 12.4 Å². The van der Waals surface area contributed by atoms with E-state index in [1.807, 2.05) is 0 Å². The van der Waals surface area contributed by atoms with Crippen LogP contribution >= 0.6 is 15.9 Å². The van der Waals surface area contributed by atoms with Gasteiger partial charge in [0, 0.05) is 36.8 Å².